The average Bonchev–Trinajstić information content (AvgIpc) is 3.13. The van der Waals surface area contributed by atoms with E-state index in [-0.39, 0.29) is 27.8 Å². The minimum Gasteiger partial charge on any atom is -0.508 e. The minimum atomic E-state index is -4.02. The molecule has 0 aliphatic rings. The Labute approximate surface area is 158 Å². The number of benzene rings is 2. The first-order valence-electron chi connectivity index (χ1n) is 7.49. The molecule has 2 aromatic carbocycles. The molecule has 3 rings (SSSR count). The molecule has 27 heavy (non-hydrogen) atoms. The second kappa shape index (κ2) is 7.25. The first-order chi connectivity index (χ1) is 12.8. The topological polar surface area (TPSA) is 126 Å². The van der Waals surface area contributed by atoms with E-state index in [0.29, 0.717) is 10.6 Å². The van der Waals surface area contributed by atoms with Crippen LogP contribution in [0.4, 0.5) is 5.69 Å². The molecule has 0 spiro atoms. The van der Waals surface area contributed by atoms with E-state index in [1.54, 1.807) is 12.1 Å². The van der Waals surface area contributed by atoms with Crippen LogP contribution in [-0.4, -0.2) is 36.7 Å². The van der Waals surface area contributed by atoms with E-state index in [1.807, 2.05) is 0 Å². The van der Waals surface area contributed by atoms with Gasteiger partial charge in [0.15, 0.2) is 5.03 Å². The average molecular weight is 406 g/mol. The van der Waals surface area contributed by atoms with Crippen molar-refractivity contribution in [2.24, 2.45) is 0 Å². The third-order valence-corrected chi connectivity index (χ3v) is 5.83. The molecule has 0 saturated carbocycles. The van der Waals surface area contributed by atoms with Gasteiger partial charge in [-0.3, -0.25) is 4.72 Å². The number of aromatic nitrogens is 1. The molecule has 0 aliphatic carbocycles. The number of anilines is 1. The quantitative estimate of drug-likeness (QED) is 0.574. The number of hydrogen-bond donors (Lipinski definition) is 3. The third-order valence-electron chi connectivity index (χ3n) is 3.54. The summed E-state index contributed by atoms with van der Waals surface area (Å²) in [4.78, 5) is 15.1. The lowest BCUT2D eigenvalue weighted by molar-refractivity contribution is 0.0696. The number of thiazole rings is 1. The number of phenols is 1. The number of carboxylic acids is 1. The van der Waals surface area contributed by atoms with Crippen LogP contribution in [0.2, 0.25) is 0 Å². The van der Waals surface area contributed by atoms with Crippen LogP contribution in [0.15, 0.2) is 52.9 Å². The number of methoxy groups -OCH3 is 1. The van der Waals surface area contributed by atoms with Crippen molar-refractivity contribution >= 4 is 33.0 Å². The lowest BCUT2D eigenvalue weighted by Gasteiger charge is -2.11. The highest BCUT2D eigenvalue weighted by Gasteiger charge is 2.21. The van der Waals surface area contributed by atoms with Gasteiger partial charge < -0.3 is 14.9 Å². The predicted molar refractivity (Wildman–Crippen MR) is 100.0 cm³/mol. The first-order valence-corrected chi connectivity index (χ1v) is 9.85. The normalized spacial score (nSPS) is 11.1. The Morgan fingerprint density at radius 2 is 2.00 bits per heavy atom. The number of carboxylic acid groups (broad SMARTS) is 1. The molecule has 0 aliphatic heterocycles. The SMILES string of the molecule is COc1cc(C(=O)O)ccc1NS(=O)(=O)c1csc(-c2cccc(O)c2)n1. The van der Waals surface area contributed by atoms with Crippen molar-refractivity contribution in [2.75, 3.05) is 11.8 Å². The summed E-state index contributed by atoms with van der Waals surface area (Å²) in [5.41, 5.74) is 0.647. The number of nitrogens with zero attached hydrogens (tertiary/aromatic N) is 1. The summed E-state index contributed by atoms with van der Waals surface area (Å²) in [5.74, 6) is -1.03. The van der Waals surface area contributed by atoms with Crippen LogP contribution in [0.1, 0.15) is 10.4 Å². The van der Waals surface area contributed by atoms with Crippen molar-refractivity contribution in [3.63, 3.8) is 0 Å². The Morgan fingerprint density at radius 3 is 2.67 bits per heavy atom. The Morgan fingerprint density at radius 1 is 1.22 bits per heavy atom. The van der Waals surface area contributed by atoms with E-state index in [9.17, 15) is 18.3 Å². The third kappa shape index (κ3) is 4.01. The molecular formula is C17H14N2O6S2. The molecule has 8 nitrogen and oxygen atoms in total. The van der Waals surface area contributed by atoms with Crippen molar-refractivity contribution in [1.82, 2.24) is 4.98 Å². The minimum absolute atomic E-state index is 0.0328. The van der Waals surface area contributed by atoms with Crippen molar-refractivity contribution in [1.29, 1.82) is 0 Å². The second-order valence-electron chi connectivity index (χ2n) is 5.37. The number of ether oxygens (including phenoxy) is 1. The summed E-state index contributed by atoms with van der Waals surface area (Å²) in [6, 6.07) is 10.1. The molecule has 1 aromatic heterocycles. The molecule has 3 N–H and O–H groups in total. The van der Waals surface area contributed by atoms with Crippen LogP contribution in [0.5, 0.6) is 11.5 Å². The molecule has 10 heteroatoms. The Hall–Kier alpha value is -3.11. The van der Waals surface area contributed by atoms with Gasteiger partial charge in [-0.25, -0.2) is 9.78 Å². The smallest absolute Gasteiger partial charge is 0.335 e. The summed E-state index contributed by atoms with van der Waals surface area (Å²) in [6.45, 7) is 0. The molecular weight excluding hydrogens is 392 g/mol. The number of aromatic carboxylic acids is 1. The van der Waals surface area contributed by atoms with E-state index in [0.717, 1.165) is 11.3 Å². The van der Waals surface area contributed by atoms with Crippen LogP contribution in [0.25, 0.3) is 10.6 Å². The molecule has 0 radical (unpaired) electrons. The van der Waals surface area contributed by atoms with Crippen molar-refractivity contribution in [3.8, 4) is 22.1 Å². The van der Waals surface area contributed by atoms with Crippen LogP contribution in [0, 0.1) is 0 Å². The van der Waals surface area contributed by atoms with Gasteiger partial charge >= 0.3 is 5.97 Å². The fourth-order valence-corrected chi connectivity index (χ4v) is 4.42. The van der Waals surface area contributed by atoms with Gasteiger partial charge in [0.05, 0.1) is 18.4 Å². The Kier molecular flexibility index (Phi) is 5.02. The Bertz CT molecular complexity index is 1110. The second-order valence-corrected chi connectivity index (χ2v) is 7.85. The molecule has 0 saturated heterocycles. The molecule has 0 unspecified atom stereocenters. The summed E-state index contributed by atoms with van der Waals surface area (Å²) < 4.78 is 32.6. The van der Waals surface area contributed by atoms with Gasteiger partial charge in [-0.05, 0) is 30.3 Å². The maximum absolute atomic E-state index is 12.6. The highest BCUT2D eigenvalue weighted by atomic mass is 32.2. The number of nitrogens with one attached hydrogen (secondary N) is 1. The van der Waals surface area contributed by atoms with E-state index >= 15 is 0 Å². The standard InChI is InChI=1S/C17H14N2O6S2/c1-25-14-8-11(17(21)22)5-6-13(14)19-27(23,24)15-9-26-16(18-15)10-3-2-4-12(20)7-10/h2-9,19-20H,1H3,(H,21,22). The lowest BCUT2D eigenvalue weighted by Crippen LogP contribution is -2.14. The monoisotopic (exact) mass is 406 g/mol. The van der Waals surface area contributed by atoms with Gasteiger partial charge in [0.2, 0.25) is 0 Å². The van der Waals surface area contributed by atoms with Gasteiger partial charge in [0.1, 0.15) is 16.5 Å². The zero-order valence-corrected chi connectivity index (χ0v) is 15.5. The highest BCUT2D eigenvalue weighted by Crippen LogP contribution is 2.31. The zero-order valence-electron chi connectivity index (χ0n) is 13.9. The summed E-state index contributed by atoms with van der Waals surface area (Å²) in [6.07, 6.45) is 0. The molecule has 0 fully saturated rings. The number of carbonyl (C=O) groups is 1. The molecule has 140 valence electrons. The van der Waals surface area contributed by atoms with Crippen LogP contribution in [0.3, 0.4) is 0 Å². The predicted octanol–water partition coefficient (Wildman–Crippen LogP) is 3.02. The van der Waals surface area contributed by atoms with E-state index < -0.39 is 16.0 Å². The van der Waals surface area contributed by atoms with Crippen LogP contribution in [-0.2, 0) is 10.0 Å². The molecule has 0 amide bonds. The van der Waals surface area contributed by atoms with Gasteiger partial charge in [0.25, 0.3) is 10.0 Å². The van der Waals surface area contributed by atoms with Gasteiger partial charge in [-0.2, -0.15) is 8.42 Å². The van der Waals surface area contributed by atoms with E-state index in [2.05, 4.69) is 9.71 Å². The number of aromatic hydroxyl groups is 1. The van der Waals surface area contributed by atoms with Gasteiger partial charge in [-0.1, -0.05) is 12.1 Å². The molecule has 0 bridgehead atoms. The van der Waals surface area contributed by atoms with Crippen molar-refractivity contribution < 1.29 is 28.2 Å². The van der Waals surface area contributed by atoms with Crippen LogP contribution < -0.4 is 9.46 Å². The van der Waals surface area contributed by atoms with Crippen molar-refractivity contribution in [2.45, 2.75) is 5.03 Å². The Balaban J connectivity index is 1.91. The lowest BCUT2D eigenvalue weighted by atomic mass is 10.2. The first kappa shape index (κ1) is 18.7. The fourth-order valence-electron chi connectivity index (χ4n) is 2.26. The number of hydrogen-bond acceptors (Lipinski definition) is 7. The fraction of sp³-hybridized carbons (Fsp3) is 0.0588. The zero-order chi connectivity index (χ0) is 19.6. The van der Waals surface area contributed by atoms with Crippen molar-refractivity contribution in [3.05, 3.63) is 53.4 Å². The number of phenolic OH excluding ortho intramolecular Hbond substituents is 1. The maximum atomic E-state index is 12.6. The van der Waals surface area contributed by atoms with Gasteiger partial charge in [0, 0.05) is 10.9 Å². The molecule has 1 heterocycles. The summed E-state index contributed by atoms with van der Waals surface area (Å²) >= 11 is 1.11. The molecule has 3 aromatic rings. The largest absolute Gasteiger partial charge is 0.508 e. The molecule has 0 atom stereocenters. The van der Waals surface area contributed by atoms with Crippen LogP contribution >= 0.6 is 11.3 Å². The summed E-state index contributed by atoms with van der Waals surface area (Å²) in [7, 11) is -2.71. The summed E-state index contributed by atoms with van der Waals surface area (Å²) in [5, 5.41) is 20.2. The maximum Gasteiger partial charge on any atom is 0.335 e. The number of sulfonamides is 1. The van der Waals surface area contributed by atoms with E-state index in [4.69, 9.17) is 9.84 Å². The van der Waals surface area contributed by atoms with Gasteiger partial charge in [-0.15, -0.1) is 11.3 Å². The number of rotatable bonds is 6. The van der Waals surface area contributed by atoms with E-state index in [1.165, 1.54) is 42.8 Å². The highest BCUT2D eigenvalue weighted by molar-refractivity contribution is 7.92.